The molecule has 0 fully saturated rings. The zero-order valence-corrected chi connectivity index (χ0v) is 17.2. The van der Waals surface area contributed by atoms with Gasteiger partial charge in [-0.2, -0.15) is 4.68 Å². The van der Waals surface area contributed by atoms with Crippen molar-refractivity contribution in [1.82, 2.24) is 25.5 Å². The third-order valence-corrected chi connectivity index (χ3v) is 5.39. The molecule has 6 nitrogen and oxygen atoms in total. The number of carbonyl (C=O) groups excluding carboxylic acids is 1. The topological polar surface area (TPSA) is 72.7 Å². The molecule has 1 amide bonds. The van der Waals surface area contributed by atoms with Crippen molar-refractivity contribution in [3.63, 3.8) is 0 Å². The molecule has 1 heterocycles. The summed E-state index contributed by atoms with van der Waals surface area (Å²) in [6.45, 7) is 6.20. The number of benzene rings is 2. The lowest BCUT2D eigenvalue weighted by atomic mass is 10.0. The highest BCUT2D eigenvalue weighted by atomic mass is 32.2. The Labute approximate surface area is 169 Å². The van der Waals surface area contributed by atoms with Crippen LogP contribution in [0.15, 0.2) is 53.7 Å². The van der Waals surface area contributed by atoms with Crippen molar-refractivity contribution in [2.45, 2.75) is 44.8 Å². The second kappa shape index (κ2) is 9.50. The summed E-state index contributed by atoms with van der Waals surface area (Å²) < 4.78 is 1.69. The average Bonchev–Trinajstić information content (AvgIpc) is 3.15. The molecular formula is C21H25N5OS. The largest absolute Gasteiger partial charge is 0.349 e. The summed E-state index contributed by atoms with van der Waals surface area (Å²) in [5.74, 6) is 0.237. The first-order chi connectivity index (χ1) is 13.6. The number of nitrogens with one attached hydrogen (secondary N) is 1. The number of thioether (sulfide) groups is 1. The van der Waals surface area contributed by atoms with Gasteiger partial charge in [0.15, 0.2) is 0 Å². The molecule has 0 saturated heterocycles. The Morgan fingerprint density at radius 2 is 1.96 bits per heavy atom. The van der Waals surface area contributed by atoms with Gasteiger partial charge in [0.1, 0.15) is 0 Å². The molecule has 0 aliphatic heterocycles. The van der Waals surface area contributed by atoms with Crippen LogP contribution in [-0.2, 0) is 4.79 Å². The van der Waals surface area contributed by atoms with E-state index in [2.05, 4.69) is 52.9 Å². The van der Waals surface area contributed by atoms with Gasteiger partial charge < -0.3 is 5.32 Å². The first kappa shape index (κ1) is 20.1. The van der Waals surface area contributed by atoms with Crippen LogP contribution in [0, 0.1) is 13.8 Å². The van der Waals surface area contributed by atoms with Crippen LogP contribution >= 0.6 is 11.8 Å². The van der Waals surface area contributed by atoms with E-state index in [0.29, 0.717) is 5.16 Å². The summed E-state index contributed by atoms with van der Waals surface area (Å²) in [5.41, 5.74) is 4.32. The van der Waals surface area contributed by atoms with Crippen molar-refractivity contribution in [3.05, 3.63) is 65.2 Å². The van der Waals surface area contributed by atoms with Gasteiger partial charge in [0.2, 0.25) is 11.1 Å². The van der Waals surface area contributed by atoms with Gasteiger partial charge in [-0.15, -0.1) is 5.10 Å². The second-order valence-corrected chi connectivity index (χ2v) is 7.71. The number of nitrogens with zero attached hydrogens (tertiary/aromatic N) is 4. The number of carbonyl (C=O) groups is 1. The first-order valence-corrected chi connectivity index (χ1v) is 10.4. The lowest BCUT2D eigenvalue weighted by molar-refractivity contribution is -0.119. The van der Waals surface area contributed by atoms with Gasteiger partial charge >= 0.3 is 0 Å². The monoisotopic (exact) mass is 395 g/mol. The minimum Gasteiger partial charge on any atom is -0.349 e. The van der Waals surface area contributed by atoms with Crippen molar-refractivity contribution >= 4 is 17.7 Å². The summed E-state index contributed by atoms with van der Waals surface area (Å²) in [6, 6.07) is 16.2. The van der Waals surface area contributed by atoms with E-state index in [1.54, 1.807) is 4.68 Å². The molecule has 0 bridgehead atoms. The lowest BCUT2D eigenvalue weighted by Crippen LogP contribution is -2.30. The van der Waals surface area contributed by atoms with Gasteiger partial charge in [-0.25, -0.2) is 0 Å². The molecule has 0 saturated carbocycles. The molecule has 146 valence electrons. The van der Waals surface area contributed by atoms with Crippen molar-refractivity contribution < 1.29 is 4.79 Å². The van der Waals surface area contributed by atoms with Crippen LogP contribution < -0.4 is 5.32 Å². The molecule has 0 unspecified atom stereocenters. The van der Waals surface area contributed by atoms with Crippen LogP contribution in [0.2, 0.25) is 0 Å². The van der Waals surface area contributed by atoms with E-state index in [4.69, 9.17) is 0 Å². The maximum atomic E-state index is 12.5. The Morgan fingerprint density at radius 3 is 2.68 bits per heavy atom. The molecular weight excluding hydrogens is 370 g/mol. The molecule has 1 aromatic heterocycles. The Morgan fingerprint density at radius 1 is 1.18 bits per heavy atom. The standard InChI is InChI=1S/C21H25N5OS/c1-4-8-18(17-9-6-5-7-10-17)22-20(27)14-28-21-23-24-25-26(21)19-12-11-15(2)13-16(19)3/h5-7,9-13,18H,4,8,14H2,1-3H3,(H,22,27)/t18-/m0/s1. The molecule has 0 aliphatic rings. The maximum absolute atomic E-state index is 12.5. The summed E-state index contributed by atoms with van der Waals surface area (Å²) in [5, 5.41) is 15.7. The molecule has 3 aromatic rings. The van der Waals surface area contributed by atoms with Crippen molar-refractivity contribution in [1.29, 1.82) is 0 Å². The van der Waals surface area contributed by atoms with Crippen LogP contribution in [0.5, 0.6) is 0 Å². The highest BCUT2D eigenvalue weighted by Gasteiger charge is 2.16. The van der Waals surface area contributed by atoms with E-state index in [-0.39, 0.29) is 17.7 Å². The number of amides is 1. The zero-order chi connectivity index (χ0) is 19.9. The highest BCUT2D eigenvalue weighted by molar-refractivity contribution is 7.99. The summed E-state index contributed by atoms with van der Waals surface area (Å²) in [7, 11) is 0. The lowest BCUT2D eigenvalue weighted by Gasteiger charge is -2.18. The van der Waals surface area contributed by atoms with Gasteiger partial charge in [0.25, 0.3) is 0 Å². The first-order valence-electron chi connectivity index (χ1n) is 9.41. The zero-order valence-electron chi connectivity index (χ0n) is 16.4. The van der Waals surface area contributed by atoms with Crippen LogP contribution in [-0.4, -0.2) is 31.9 Å². The molecule has 1 atom stereocenters. The van der Waals surface area contributed by atoms with E-state index >= 15 is 0 Å². The quantitative estimate of drug-likeness (QED) is 0.583. The summed E-state index contributed by atoms with van der Waals surface area (Å²) in [4.78, 5) is 12.5. The average molecular weight is 396 g/mol. The number of rotatable bonds is 8. The number of aryl methyl sites for hydroxylation is 2. The molecule has 0 radical (unpaired) electrons. The Hall–Kier alpha value is -2.67. The van der Waals surface area contributed by atoms with Crippen molar-refractivity contribution in [3.8, 4) is 5.69 Å². The van der Waals surface area contributed by atoms with E-state index in [1.807, 2.05) is 37.3 Å². The third-order valence-electron chi connectivity index (χ3n) is 4.47. The number of hydrogen-bond acceptors (Lipinski definition) is 5. The minimum absolute atomic E-state index is 0.0228. The van der Waals surface area contributed by atoms with Gasteiger partial charge in [-0.05, 0) is 47.9 Å². The van der Waals surface area contributed by atoms with E-state index in [9.17, 15) is 4.79 Å². The van der Waals surface area contributed by atoms with Gasteiger partial charge in [0.05, 0.1) is 17.5 Å². The fourth-order valence-electron chi connectivity index (χ4n) is 3.13. The molecule has 28 heavy (non-hydrogen) atoms. The van der Waals surface area contributed by atoms with Crippen LogP contribution in [0.4, 0.5) is 0 Å². The smallest absolute Gasteiger partial charge is 0.230 e. The Balaban J connectivity index is 1.66. The fraction of sp³-hybridized carbons (Fsp3) is 0.333. The second-order valence-electron chi connectivity index (χ2n) is 6.77. The number of tetrazole rings is 1. The van der Waals surface area contributed by atoms with E-state index < -0.39 is 0 Å². The number of aromatic nitrogens is 4. The SMILES string of the molecule is CCC[C@H](NC(=O)CSc1nnnn1-c1ccc(C)cc1C)c1ccccc1. The van der Waals surface area contributed by atoms with Gasteiger partial charge in [-0.1, -0.05) is 73.1 Å². The fourth-order valence-corrected chi connectivity index (χ4v) is 3.82. The minimum atomic E-state index is -0.0255. The predicted molar refractivity (Wildman–Crippen MR) is 112 cm³/mol. The normalized spacial score (nSPS) is 12.0. The van der Waals surface area contributed by atoms with Crippen molar-refractivity contribution in [2.75, 3.05) is 5.75 Å². The number of hydrogen-bond donors (Lipinski definition) is 1. The third kappa shape index (κ3) is 4.98. The van der Waals surface area contributed by atoms with Gasteiger partial charge in [0, 0.05) is 0 Å². The molecule has 1 N–H and O–H groups in total. The maximum Gasteiger partial charge on any atom is 0.230 e. The van der Waals surface area contributed by atoms with E-state index in [0.717, 1.165) is 29.7 Å². The Kier molecular flexibility index (Phi) is 6.81. The molecule has 7 heteroatoms. The summed E-state index contributed by atoms with van der Waals surface area (Å²) in [6.07, 6.45) is 1.90. The Bertz CT molecular complexity index is 926. The van der Waals surface area contributed by atoms with E-state index in [1.165, 1.54) is 17.3 Å². The van der Waals surface area contributed by atoms with Crippen molar-refractivity contribution in [2.24, 2.45) is 0 Å². The molecule has 0 spiro atoms. The predicted octanol–water partition coefficient (Wildman–Crippen LogP) is 4.03. The highest BCUT2D eigenvalue weighted by Crippen LogP contribution is 2.22. The molecule has 3 rings (SSSR count). The van der Waals surface area contributed by atoms with Gasteiger partial charge in [-0.3, -0.25) is 4.79 Å². The van der Waals surface area contributed by atoms with Crippen LogP contribution in [0.25, 0.3) is 5.69 Å². The molecule has 2 aromatic carbocycles. The van der Waals surface area contributed by atoms with Crippen LogP contribution in [0.3, 0.4) is 0 Å². The summed E-state index contributed by atoms with van der Waals surface area (Å²) >= 11 is 1.34. The molecule has 0 aliphatic carbocycles. The van der Waals surface area contributed by atoms with Crippen LogP contribution in [0.1, 0.15) is 42.5 Å².